The van der Waals surface area contributed by atoms with E-state index in [2.05, 4.69) is 75.8 Å². The van der Waals surface area contributed by atoms with Crippen LogP contribution in [-0.2, 0) is 9.47 Å². The Hall–Kier alpha value is -2.76. The molecule has 0 aromatic heterocycles. The molecule has 1 aromatic rings. The molecule has 3 fully saturated rings. The first-order chi connectivity index (χ1) is 20.6. The van der Waals surface area contributed by atoms with Crippen molar-refractivity contribution < 1.29 is 19.7 Å². The lowest BCUT2D eigenvalue weighted by Gasteiger charge is -2.44. The van der Waals surface area contributed by atoms with Crippen LogP contribution in [0.5, 0.6) is 0 Å². The van der Waals surface area contributed by atoms with Crippen LogP contribution < -0.4 is 0 Å². The van der Waals surface area contributed by atoms with Crippen molar-refractivity contribution in [3.8, 4) is 0 Å². The fourth-order valence-corrected chi connectivity index (χ4v) is 7.04. The maximum Gasteiger partial charge on any atom is 0.0811 e. The molecule has 0 radical (unpaired) electrons. The minimum Gasteiger partial charge on any atom is -0.393 e. The standard InChI is InChI=1S/C31H42O3.C4H8O.C4H6/c1-21(24-9-6-5-7-10-24)19-34-20-22(2)28-14-15-29-25(11-8-16-31(28,29)4)12-13-26-17-27(32)18-30(33)23(26)3;1-3-4-5-2;1-3-4-2/h5-7,9-10,12-13,22,27-30,32-33H,1,3,8,11,14-20H2,2,4H3;3H,1,4H2,2H3;3-4H,1-2H2/b25-12+,26-13-;;/t22-,27-,28-,29+,30?,31?;;/m1../s1. The number of hydrogen-bond donors (Lipinski definition) is 2. The lowest BCUT2D eigenvalue weighted by molar-refractivity contribution is 0.0445. The van der Waals surface area contributed by atoms with Gasteiger partial charge in [-0.1, -0.05) is 106 Å². The average Bonchev–Trinajstić information content (AvgIpc) is 3.37. The molecule has 0 bridgehead atoms. The number of ether oxygens (including phenoxy) is 2. The summed E-state index contributed by atoms with van der Waals surface area (Å²) in [5.41, 5.74) is 5.81. The third kappa shape index (κ3) is 10.7. The summed E-state index contributed by atoms with van der Waals surface area (Å²) in [4.78, 5) is 0. The minimum atomic E-state index is -0.625. The lowest BCUT2D eigenvalue weighted by Crippen LogP contribution is -2.37. The van der Waals surface area contributed by atoms with Gasteiger partial charge in [-0.05, 0) is 84.0 Å². The molecule has 4 heteroatoms. The SMILES string of the molecule is C=C(COC[C@@H](C)[C@H]1CC[C@H]2/C(=C/C=C3/C[C@@H](O)CC(O)C3=C)CCCC12C)c1ccccc1.C=CC=C.C=CCOC. The van der Waals surface area contributed by atoms with Gasteiger partial charge in [0.15, 0.2) is 0 Å². The van der Waals surface area contributed by atoms with E-state index in [0.29, 0.717) is 49.2 Å². The van der Waals surface area contributed by atoms with Crippen molar-refractivity contribution >= 4 is 5.57 Å². The van der Waals surface area contributed by atoms with Crippen molar-refractivity contribution in [3.63, 3.8) is 0 Å². The van der Waals surface area contributed by atoms with E-state index < -0.39 is 12.2 Å². The van der Waals surface area contributed by atoms with Crippen LogP contribution in [-0.4, -0.2) is 49.4 Å². The van der Waals surface area contributed by atoms with Crippen molar-refractivity contribution in [3.05, 3.63) is 116 Å². The van der Waals surface area contributed by atoms with Gasteiger partial charge in [0.05, 0.1) is 25.4 Å². The van der Waals surface area contributed by atoms with Crippen LogP contribution in [0.4, 0.5) is 0 Å². The summed E-state index contributed by atoms with van der Waals surface area (Å²) in [7, 11) is 1.64. The molecule has 43 heavy (non-hydrogen) atoms. The Bertz CT molecular complexity index is 1110. The van der Waals surface area contributed by atoms with Gasteiger partial charge in [-0.2, -0.15) is 0 Å². The van der Waals surface area contributed by atoms with Gasteiger partial charge in [0.25, 0.3) is 0 Å². The molecule has 4 rings (SSSR count). The van der Waals surface area contributed by atoms with Crippen molar-refractivity contribution in [1.29, 1.82) is 0 Å². The number of benzene rings is 1. The van der Waals surface area contributed by atoms with E-state index in [1.54, 1.807) is 25.3 Å². The molecule has 2 unspecified atom stereocenters. The molecular weight excluding hydrogens is 532 g/mol. The van der Waals surface area contributed by atoms with Crippen molar-refractivity contribution in [2.24, 2.45) is 23.2 Å². The summed E-state index contributed by atoms with van der Waals surface area (Å²) < 4.78 is 10.7. The van der Waals surface area contributed by atoms with Crippen molar-refractivity contribution in [2.45, 2.75) is 71.0 Å². The number of methoxy groups -OCH3 is 1. The zero-order chi connectivity index (χ0) is 31.8. The van der Waals surface area contributed by atoms with Crippen LogP contribution in [0, 0.1) is 23.2 Å². The van der Waals surface area contributed by atoms with Gasteiger partial charge >= 0.3 is 0 Å². The first-order valence-electron chi connectivity index (χ1n) is 15.7. The van der Waals surface area contributed by atoms with Gasteiger partial charge in [0.1, 0.15) is 0 Å². The topological polar surface area (TPSA) is 58.9 Å². The summed E-state index contributed by atoms with van der Waals surface area (Å²) in [6, 6.07) is 10.3. The highest BCUT2D eigenvalue weighted by atomic mass is 16.5. The van der Waals surface area contributed by atoms with E-state index in [4.69, 9.17) is 4.74 Å². The predicted octanol–water partition coefficient (Wildman–Crippen LogP) is 8.67. The molecular formula is C39H56O4. The third-order valence-electron chi connectivity index (χ3n) is 9.28. The summed E-state index contributed by atoms with van der Waals surface area (Å²) in [6.45, 7) is 25.3. The van der Waals surface area contributed by atoms with Gasteiger partial charge in [-0.15, -0.1) is 6.58 Å². The van der Waals surface area contributed by atoms with Crippen molar-refractivity contribution in [1.82, 2.24) is 0 Å². The van der Waals surface area contributed by atoms with Crippen LogP contribution in [0.3, 0.4) is 0 Å². The fraction of sp³-hybridized carbons (Fsp3) is 0.487. The zero-order valence-corrected chi connectivity index (χ0v) is 27.0. The Morgan fingerprint density at radius 1 is 1.09 bits per heavy atom. The molecule has 0 spiro atoms. The van der Waals surface area contributed by atoms with Gasteiger partial charge < -0.3 is 19.7 Å². The van der Waals surface area contributed by atoms with Gasteiger partial charge in [0.2, 0.25) is 0 Å². The third-order valence-corrected chi connectivity index (χ3v) is 9.28. The molecule has 3 aliphatic rings. The van der Waals surface area contributed by atoms with Gasteiger partial charge in [-0.25, -0.2) is 0 Å². The Kier molecular flexibility index (Phi) is 15.9. The summed E-state index contributed by atoms with van der Waals surface area (Å²) in [5, 5.41) is 20.3. The molecule has 3 saturated carbocycles. The second-order valence-corrected chi connectivity index (χ2v) is 12.3. The first kappa shape index (κ1) is 36.4. The maximum absolute atomic E-state index is 10.2. The second-order valence-electron chi connectivity index (χ2n) is 12.3. The molecule has 0 aliphatic heterocycles. The van der Waals surface area contributed by atoms with Gasteiger partial charge in [0, 0.05) is 20.1 Å². The van der Waals surface area contributed by atoms with E-state index in [1.807, 2.05) is 18.2 Å². The highest BCUT2D eigenvalue weighted by Gasteiger charge is 2.50. The zero-order valence-electron chi connectivity index (χ0n) is 27.0. The highest BCUT2D eigenvalue weighted by Crippen LogP contribution is 2.59. The van der Waals surface area contributed by atoms with Crippen LogP contribution in [0.2, 0.25) is 0 Å². The molecule has 0 heterocycles. The van der Waals surface area contributed by atoms with Gasteiger partial charge in [-0.3, -0.25) is 0 Å². The van der Waals surface area contributed by atoms with E-state index in [1.165, 1.54) is 31.3 Å². The number of aliphatic hydroxyl groups is 2. The Morgan fingerprint density at radius 2 is 1.79 bits per heavy atom. The van der Waals surface area contributed by atoms with E-state index in [-0.39, 0.29) is 0 Å². The normalized spacial score (nSPS) is 28.9. The average molecular weight is 589 g/mol. The Morgan fingerprint density at radius 3 is 2.40 bits per heavy atom. The van der Waals surface area contributed by atoms with E-state index >= 15 is 0 Å². The van der Waals surface area contributed by atoms with Crippen LogP contribution in [0.15, 0.2) is 110 Å². The fourth-order valence-electron chi connectivity index (χ4n) is 7.04. The molecule has 0 amide bonds. The summed E-state index contributed by atoms with van der Waals surface area (Å²) in [6.07, 6.45) is 15.4. The molecule has 6 atom stereocenters. The van der Waals surface area contributed by atoms with Crippen molar-refractivity contribution in [2.75, 3.05) is 26.9 Å². The smallest absolute Gasteiger partial charge is 0.0811 e. The highest BCUT2D eigenvalue weighted by molar-refractivity contribution is 5.63. The maximum atomic E-state index is 10.2. The molecule has 236 valence electrons. The number of allylic oxidation sites excluding steroid dienone is 5. The number of rotatable bonds is 10. The first-order valence-corrected chi connectivity index (χ1v) is 15.7. The van der Waals surface area contributed by atoms with Crippen LogP contribution in [0.1, 0.15) is 64.4 Å². The Labute approximate surface area is 261 Å². The monoisotopic (exact) mass is 588 g/mol. The number of fused-ring (bicyclic) bond motifs is 1. The number of hydrogen-bond acceptors (Lipinski definition) is 4. The quantitative estimate of drug-likeness (QED) is 0.212. The molecule has 4 nitrogen and oxygen atoms in total. The Balaban J connectivity index is 0.000000630. The molecule has 2 N–H and O–H groups in total. The molecule has 1 aromatic carbocycles. The van der Waals surface area contributed by atoms with E-state index in [9.17, 15) is 10.2 Å². The lowest BCUT2D eigenvalue weighted by atomic mass is 9.61. The molecule has 0 saturated heterocycles. The van der Waals surface area contributed by atoms with E-state index in [0.717, 1.165) is 35.3 Å². The van der Waals surface area contributed by atoms with Crippen LogP contribution in [0.25, 0.3) is 5.57 Å². The molecule has 3 aliphatic carbocycles. The largest absolute Gasteiger partial charge is 0.393 e. The summed E-state index contributed by atoms with van der Waals surface area (Å²) in [5.74, 6) is 1.78. The van der Waals surface area contributed by atoms with Crippen LogP contribution >= 0.6 is 0 Å². The summed E-state index contributed by atoms with van der Waals surface area (Å²) >= 11 is 0. The predicted molar refractivity (Wildman–Crippen MR) is 183 cm³/mol. The number of aliphatic hydroxyl groups excluding tert-OH is 2. The minimum absolute atomic E-state index is 0.310. The second kappa shape index (κ2) is 18.8.